The van der Waals surface area contributed by atoms with Gasteiger partial charge in [-0.15, -0.1) is 35.3 Å². The molecule has 1 heterocycles. The molecule has 0 radical (unpaired) electrons. The van der Waals surface area contributed by atoms with Crippen LogP contribution >= 0.6 is 47.1 Å². The van der Waals surface area contributed by atoms with Crippen LogP contribution in [0.1, 0.15) is 36.1 Å². The zero-order valence-electron chi connectivity index (χ0n) is 13.6. The third kappa shape index (κ3) is 6.62. The second-order valence-electron chi connectivity index (χ2n) is 5.39. The highest BCUT2D eigenvalue weighted by atomic mass is 127. The molecule has 1 aliphatic rings. The molecule has 0 amide bonds. The third-order valence-electron chi connectivity index (χ3n) is 3.67. The number of nitrogens with one attached hydrogen (secondary N) is 2. The Morgan fingerprint density at radius 1 is 1.50 bits per heavy atom. The smallest absolute Gasteiger partial charge is 0.191 e. The second kappa shape index (κ2) is 10.7. The molecule has 0 saturated heterocycles. The Balaban J connectivity index is 0.00000242. The summed E-state index contributed by atoms with van der Waals surface area (Å²) in [5.41, 5.74) is 0. The molecule has 0 aromatic carbocycles. The largest absolute Gasteiger partial charge is 0.357 e. The summed E-state index contributed by atoms with van der Waals surface area (Å²) in [4.78, 5) is 10.3. The van der Waals surface area contributed by atoms with Crippen molar-refractivity contribution in [3.8, 4) is 0 Å². The molecular weight excluding hydrogens is 427 g/mol. The molecule has 0 spiro atoms. The fourth-order valence-electron chi connectivity index (χ4n) is 2.58. The van der Waals surface area contributed by atoms with Gasteiger partial charge >= 0.3 is 0 Å². The monoisotopic (exact) mass is 454 g/mol. The maximum absolute atomic E-state index is 4.69. The maximum Gasteiger partial charge on any atom is 0.191 e. The minimum atomic E-state index is 0. The van der Waals surface area contributed by atoms with Gasteiger partial charge in [0.25, 0.3) is 0 Å². The first-order chi connectivity index (χ1) is 10.2. The van der Waals surface area contributed by atoms with Gasteiger partial charge in [-0.2, -0.15) is 11.8 Å². The summed E-state index contributed by atoms with van der Waals surface area (Å²) in [6, 6.07) is 0.572. The van der Waals surface area contributed by atoms with Gasteiger partial charge in [-0.05, 0) is 39.4 Å². The van der Waals surface area contributed by atoms with E-state index in [1.54, 1.807) is 11.3 Å². The van der Waals surface area contributed by atoms with E-state index in [-0.39, 0.29) is 24.0 Å². The molecule has 4 nitrogen and oxygen atoms in total. The van der Waals surface area contributed by atoms with Crippen molar-refractivity contribution in [1.29, 1.82) is 0 Å². The minimum absolute atomic E-state index is 0. The van der Waals surface area contributed by atoms with Crippen molar-refractivity contribution in [2.45, 2.75) is 50.8 Å². The number of thioether (sulfide) groups is 1. The lowest BCUT2D eigenvalue weighted by Crippen LogP contribution is -2.42. The van der Waals surface area contributed by atoms with E-state index in [2.05, 4.69) is 40.7 Å². The van der Waals surface area contributed by atoms with Crippen molar-refractivity contribution in [1.82, 2.24) is 15.6 Å². The van der Waals surface area contributed by atoms with Crippen molar-refractivity contribution in [3.63, 3.8) is 0 Å². The normalized spacial score (nSPS) is 21.5. The Labute approximate surface area is 159 Å². The standard InChI is InChI=1S/C15H26N4S2.HI/c1-4-16-15(19-12-5-6-13(9-12)20-3)17-8-7-14-18-10-11(2)21-14;/h10,12-13H,4-9H2,1-3H3,(H2,16,17,19);1H. The first-order valence-electron chi connectivity index (χ1n) is 7.70. The average Bonchev–Trinajstić information content (AvgIpc) is 3.08. The summed E-state index contributed by atoms with van der Waals surface area (Å²) < 4.78 is 0. The van der Waals surface area contributed by atoms with Gasteiger partial charge in [0.2, 0.25) is 0 Å². The van der Waals surface area contributed by atoms with Crippen LogP contribution in [-0.4, -0.2) is 41.6 Å². The molecule has 2 N–H and O–H groups in total. The Hall–Kier alpha value is -0.0200. The van der Waals surface area contributed by atoms with Gasteiger partial charge in [-0.1, -0.05) is 0 Å². The number of nitrogens with zero attached hydrogens (tertiary/aromatic N) is 2. The number of aliphatic imine (C=N–C) groups is 1. The summed E-state index contributed by atoms with van der Waals surface area (Å²) in [5, 5.41) is 8.92. The van der Waals surface area contributed by atoms with Gasteiger partial charge in [-0.25, -0.2) is 4.98 Å². The van der Waals surface area contributed by atoms with Gasteiger partial charge in [0.15, 0.2) is 5.96 Å². The summed E-state index contributed by atoms with van der Waals surface area (Å²) in [6.45, 7) is 5.90. The van der Waals surface area contributed by atoms with Crippen LogP contribution in [0.25, 0.3) is 0 Å². The molecule has 22 heavy (non-hydrogen) atoms. The van der Waals surface area contributed by atoms with E-state index in [9.17, 15) is 0 Å². The molecular formula is C15H27IN4S2. The molecule has 7 heteroatoms. The van der Waals surface area contributed by atoms with E-state index < -0.39 is 0 Å². The van der Waals surface area contributed by atoms with Crippen LogP contribution in [-0.2, 0) is 6.42 Å². The fourth-order valence-corrected chi connectivity index (χ4v) is 4.15. The number of thiazole rings is 1. The van der Waals surface area contributed by atoms with Crippen molar-refractivity contribution >= 4 is 53.0 Å². The first kappa shape index (κ1) is 20.0. The Kier molecular flexibility index (Phi) is 9.74. The van der Waals surface area contributed by atoms with Crippen LogP contribution in [0, 0.1) is 6.92 Å². The Bertz CT molecular complexity index is 464. The summed E-state index contributed by atoms with van der Waals surface area (Å²) in [7, 11) is 0. The third-order valence-corrected chi connectivity index (χ3v) is 5.74. The molecule has 126 valence electrons. The number of aromatic nitrogens is 1. The topological polar surface area (TPSA) is 49.3 Å². The van der Waals surface area contributed by atoms with Gasteiger partial charge in [-0.3, -0.25) is 4.99 Å². The molecule has 2 atom stereocenters. The van der Waals surface area contributed by atoms with Crippen LogP contribution in [0.5, 0.6) is 0 Å². The van der Waals surface area contributed by atoms with Crippen LogP contribution in [0.15, 0.2) is 11.2 Å². The lowest BCUT2D eigenvalue weighted by atomic mass is 10.2. The van der Waals surface area contributed by atoms with E-state index in [1.807, 2.05) is 18.0 Å². The molecule has 0 aliphatic heterocycles. The van der Waals surface area contributed by atoms with Crippen LogP contribution < -0.4 is 10.6 Å². The fraction of sp³-hybridized carbons (Fsp3) is 0.733. The molecule has 2 rings (SSSR count). The Morgan fingerprint density at radius 3 is 2.91 bits per heavy atom. The maximum atomic E-state index is 4.69. The van der Waals surface area contributed by atoms with Gasteiger partial charge < -0.3 is 10.6 Å². The molecule has 1 aliphatic carbocycles. The Morgan fingerprint density at radius 2 is 2.32 bits per heavy atom. The summed E-state index contributed by atoms with van der Waals surface area (Å²) >= 11 is 3.75. The number of guanidine groups is 1. The van der Waals surface area contributed by atoms with Crippen molar-refractivity contribution in [2.75, 3.05) is 19.3 Å². The van der Waals surface area contributed by atoms with Crippen LogP contribution in [0.4, 0.5) is 0 Å². The lowest BCUT2D eigenvalue weighted by molar-refractivity contribution is 0.615. The van der Waals surface area contributed by atoms with Crippen molar-refractivity contribution in [2.24, 2.45) is 4.99 Å². The quantitative estimate of drug-likeness (QED) is 0.393. The van der Waals surface area contributed by atoms with Gasteiger partial charge in [0, 0.05) is 41.9 Å². The van der Waals surface area contributed by atoms with E-state index in [4.69, 9.17) is 0 Å². The van der Waals surface area contributed by atoms with Gasteiger partial charge in [0.1, 0.15) is 0 Å². The summed E-state index contributed by atoms with van der Waals surface area (Å²) in [6.07, 6.45) is 8.89. The molecule has 1 saturated carbocycles. The van der Waals surface area contributed by atoms with E-state index in [0.29, 0.717) is 6.04 Å². The zero-order chi connectivity index (χ0) is 15.1. The van der Waals surface area contributed by atoms with E-state index in [1.165, 1.54) is 29.1 Å². The minimum Gasteiger partial charge on any atom is -0.357 e. The predicted octanol–water partition coefficient (Wildman–Crippen LogP) is 3.45. The summed E-state index contributed by atoms with van der Waals surface area (Å²) in [5.74, 6) is 0.956. The van der Waals surface area contributed by atoms with Crippen LogP contribution in [0.3, 0.4) is 0 Å². The highest BCUT2D eigenvalue weighted by molar-refractivity contribution is 14.0. The molecule has 0 bridgehead atoms. The van der Waals surface area contributed by atoms with Gasteiger partial charge in [0.05, 0.1) is 5.01 Å². The molecule has 1 aromatic rings. The first-order valence-corrected chi connectivity index (χ1v) is 9.80. The number of rotatable bonds is 6. The SMILES string of the molecule is CCNC(=NCCc1ncc(C)s1)NC1CCC(SC)C1.I. The average molecular weight is 454 g/mol. The number of hydrogen-bond acceptors (Lipinski definition) is 4. The van der Waals surface area contributed by atoms with Crippen molar-refractivity contribution < 1.29 is 0 Å². The molecule has 1 aromatic heterocycles. The predicted molar refractivity (Wildman–Crippen MR) is 110 cm³/mol. The number of hydrogen-bond donors (Lipinski definition) is 2. The lowest BCUT2D eigenvalue weighted by Gasteiger charge is -2.17. The van der Waals surface area contributed by atoms with E-state index in [0.717, 1.165) is 30.7 Å². The molecule has 2 unspecified atom stereocenters. The van der Waals surface area contributed by atoms with Crippen molar-refractivity contribution in [3.05, 3.63) is 16.1 Å². The van der Waals surface area contributed by atoms with E-state index >= 15 is 0 Å². The van der Waals surface area contributed by atoms with Crippen LogP contribution in [0.2, 0.25) is 0 Å². The highest BCUT2D eigenvalue weighted by Gasteiger charge is 2.24. The number of halogens is 1. The number of aryl methyl sites for hydroxylation is 1. The second-order valence-corrected chi connectivity index (χ2v) is 7.84. The highest BCUT2D eigenvalue weighted by Crippen LogP contribution is 2.28. The molecule has 1 fully saturated rings. The zero-order valence-corrected chi connectivity index (χ0v) is 17.6.